The van der Waals surface area contributed by atoms with Crippen LogP contribution in [0.2, 0.25) is 0 Å². The molecule has 1 fully saturated rings. The van der Waals surface area contributed by atoms with Crippen LogP contribution in [0, 0.1) is 11.7 Å². The van der Waals surface area contributed by atoms with Gasteiger partial charge in [-0.25, -0.2) is 4.39 Å². The van der Waals surface area contributed by atoms with E-state index in [-0.39, 0.29) is 17.8 Å². The number of thioether (sulfide) groups is 1. The Labute approximate surface area is 163 Å². The lowest BCUT2D eigenvalue weighted by molar-refractivity contribution is -0.119. The molecule has 0 aliphatic heterocycles. The summed E-state index contributed by atoms with van der Waals surface area (Å²) in [4.78, 5) is 12.4. The topological polar surface area (TPSA) is 59.8 Å². The van der Waals surface area contributed by atoms with Crippen LogP contribution in [0.1, 0.15) is 32.6 Å². The molecule has 1 saturated carbocycles. The third kappa shape index (κ3) is 4.97. The smallest absolute Gasteiger partial charge is 0.230 e. The summed E-state index contributed by atoms with van der Waals surface area (Å²) in [5.74, 6) is 1.19. The molecule has 0 bridgehead atoms. The number of halogens is 1. The number of hydrogen-bond donors (Lipinski definition) is 1. The highest BCUT2D eigenvalue weighted by atomic mass is 32.2. The fraction of sp³-hybridized carbons (Fsp3) is 0.450. The Kier molecular flexibility index (Phi) is 6.66. The summed E-state index contributed by atoms with van der Waals surface area (Å²) < 4.78 is 15.1. The number of hydrogen-bond acceptors (Lipinski definition) is 4. The van der Waals surface area contributed by atoms with Gasteiger partial charge in [-0.2, -0.15) is 0 Å². The molecule has 3 rings (SSSR count). The van der Waals surface area contributed by atoms with Gasteiger partial charge in [0.05, 0.1) is 5.75 Å². The molecule has 0 spiro atoms. The molecule has 2 atom stereocenters. The molecular weight excluding hydrogens is 363 g/mol. The van der Waals surface area contributed by atoms with Gasteiger partial charge in [-0.3, -0.25) is 9.36 Å². The molecular formula is C20H25FN4OS. The Balaban J connectivity index is 1.66. The highest BCUT2D eigenvalue weighted by Gasteiger charge is 2.23. The predicted molar refractivity (Wildman–Crippen MR) is 106 cm³/mol. The Hall–Kier alpha value is -2.15. The molecule has 1 aromatic heterocycles. The van der Waals surface area contributed by atoms with Crippen molar-refractivity contribution in [1.82, 2.24) is 20.1 Å². The van der Waals surface area contributed by atoms with Crippen LogP contribution < -0.4 is 5.32 Å². The van der Waals surface area contributed by atoms with Gasteiger partial charge in [-0.15, -0.1) is 16.8 Å². The van der Waals surface area contributed by atoms with Crippen LogP contribution in [0.4, 0.5) is 4.39 Å². The molecule has 5 nitrogen and oxygen atoms in total. The van der Waals surface area contributed by atoms with Crippen molar-refractivity contribution in [2.45, 2.75) is 50.4 Å². The standard InChI is InChI=1S/C20H25FN4OS/c1-3-12-25-19(15-8-10-16(21)11-9-15)23-24-20(25)27-13-18(26)22-17-7-5-4-6-14(17)2/h3,8-11,14,17H,1,4-7,12-13H2,2H3,(H,22,26)/t14-,17-/m1/s1. The molecule has 144 valence electrons. The van der Waals surface area contributed by atoms with E-state index in [1.54, 1.807) is 18.2 Å². The first-order chi connectivity index (χ1) is 13.1. The fourth-order valence-electron chi connectivity index (χ4n) is 3.41. The summed E-state index contributed by atoms with van der Waals surface area (Å²) >= 11 is 1.36. The molecule has 0 unspecified atom stereocenters. The van der Waals surface area contributed by atoms with Gasteiger partial charge in [-0.05, 0) is 43.0 Å². The zero-order valence-electron chi connectivity index (χ0n) is 15.5. The second-order valence-corrected chi connectivity index (χ2v) is 7.88. The lowest BCUT2D eigenvalue weighted by Crippen LogP contribution is -2.41. The average Bonchev–Trinajstić information content (AvgIpc) is 3.06. The Morgan fingerprint density at radius 3 is 2.78 bits per heavy atom. The average molecular weight is 389 g/mol. The molecule has 0 saturated heterocycles. The van der Waals surface area contributed by atoms with Crippen LogP contribution in [-0.4, -0.2) is 32.5 Å². The quantitative estimate of drug-likeness (QED) is 0.574. The number of allylic oxidation sites excluding steroid dienone is 1. The minimum absolute atomic E-state index is 0.0234. The number of carbonyl (C=O) groups excluding carboxylic acids is 1. The van der Waals surface area contributed by atoms with Gasteiger partial charge >= 0.3 is 0 Å². The van der Waals surface area contributed by atoms with Gasteiger partial charge in [0, 0.05) is 18.2 Å². The normalized spacial score (nSPS) is 19.6. The largest absolute Gasteiger partial charge is 0.352 e. The maximum Gasteiger partial charge on any atom is 0.230 e. The molecule has 27 heavy (non-hydrogen) atoms. The Morgan fingerprint density at radius 2 is 2.07 bits per heavy atom. The third-order valence-electron chi connectivity index (χ3n) is 4.92. The minimum Gasteiger partial charge on any atom is -0.352 e. The number of nitrogens with zero attached hydrogens (tertiary/aromatic N) is 3. The van der Waals surface area contributed by atoms with Crippen molar-refractivity contribution in [3.63, 3.8) is 0 Å². The van der Waals surface area contributed by atoms with E-state index in [1.165, 1.54) is 43.2 Å². The van der Waals surface area contributed by atoms with Crippen LogP contribution in [-0.2, 0) is 11.3 Å². The first-order valence-electron chi connectivity index (χ1n) is 9.30. The molecule has 7 heteroatoms. The summed E-state index contributed by atoms with van der Waals surface area (Å²) in [6.45, 7) is 6.50. The van der Waals surface area contributed by atoms with E-state index in [0.717, 1.165) is 12.0 Å². The SMILES string of the molecule is C=CCn1c(SCC(=O)N[C@@H]2CCCC[C@H]2C)nnc1-c1ccc(F)cc1. The molecule has 1 aliphatic rings. The first-order valence-corrected chi connectivity index (χ1v) is 10.3. The maximum absolute atomic E-state index is 13.2. The molecule has 1 aromatic carbocycles. The van der Waals surface area contributed by atoms with Crippen LogP contribution in [0.15, 0.2) is 42.1 Å². The van der Waals surface area contributed by atoms with Crippen molar-refractivity contribution in [1.29, 1.82) is 0 Å². The second kappa shape index (κ2) is 9.17. The van der Waals surface area contributed by atoms with Gasteiger partial charge in [0.15, 0.2) is 11.0 Å². The van der Waals surface area contributed by atoms with Crippen LogP contribution in [0.25, 0.3) is 11.4 Å². The lowest BCUT2D eigenvalue weighted by Gasteiger charge is -2.29. The van der Waals surface area contributed by atoms with E-state index in [0.29, 0.717) is 29.2 Å². The number of aromatic nitrogens is 3. The third-order valence-corrected chi connectivity index (χ3v) is 5.89. The minimum atomic E-state index is -0.295. The summed E-state index contributed by atoms with van der Waals surface area (Å²) in [6, 6.07) is 6.41. The van der Waals surface area contributed by atoms with Gasteiger partial charge in [0.2, 0.25) is 5.91 Å². The van der Waals surface area contributed by atoms with E-state index in [4.69, 9.17) is 0 Å². The van der Waals surface area contributed by atoms with E-state index < -0.39 is 0 Å². The van der Waals surface area contributed by atoms with E-state index >= 15 is 0 Å². The Bertz CT molecular complexity index is 790. The summed E-state index contributed by atoms with van der Waals surface area (Å²) in [5.41, 5.74) is 0.776. The highest BCUT2D eigenvalue weighted by Crippen LogP contribution is 2.26. The van der Waals surface area contributed by atoms with Gasteiger partial charge in [-0.1, -0.05) is 37.6 Å². The van der Waals surface area contributed by atoms with Gasteiger partial charge in [0.1, 0.15) is 5.82 Å². The number of carbonyl (C=O) groups is 1. The van der Waals surface area contributed by atoms with E-state index in [1.807, 2.05) is 4.57 Å². The molecule has 1 heterocycles. The predicted octanol–water partition coefficient (Wildman–Crippen LogP) is 4.06. The van der Waals surface area contributed by atoms with E-state index in [9.17, 15) is 9.18 Å². The van der Waals surface area contributed by atoms with Gasteiger partial charge < -0.3 is 5.32 Å². The summed E-state index contributed by atoms with van der Waals surface area (Å²) in [7, 11) is 0. The van der Waals surface area contributed by atoms with Crippen molar-refractivity contribution in [2.75, 3.05) is 5.75 Å². The van der Waals surface area contributed by atoms with Crippen LogP contribution in [0.5, 0.6) is 0 Å². The summed E-state index contributed by atoms with van der Waals surface area (Å²) in [6.07, 6.45) is 6.41. The van der Waals surface area contributed by atoms with Gasteiger partial charge in [0.25, 0.3) is 0 Å². The second-order valence-electron chi connectivity index (χ2n) is 6.94. The molecule has 1 N–H and O–H groups in total. The molecule has 1 amide bonds. The van der Waals surface area contributed by atoms with Crippen LogP contribution >= 0.6 is 11.8 Å². The van der Waals surface area contributed by atoms with Crippen LogP contribution in [0.3, 0.4) is 0 Å². The Morgan fingerprint density at radius 1 is 1.33 bits per heavy atom. The van der Waals surface area contributed by atoms with Crippen molar-refractivity contribution in [3.05, 3.63) is 42.7 Å². The molecule has 0 radical (unpaired) electrons. The lowest BCUT2D eigenvalue weighted by atomic mass is 9.86. The first kappa shape index (κ1) is 19.6. The molecule has 1 aliphatic carbocycles. The fourth-order valence-corrected chi connectivity index (χ4v) is 4.17. The van der Waals surface area contributed by atoms with Crippen molar-refractivity contribution in [2.24, 2.45) is 5.92 Å². The number of nitrogens with one attached hydrogen (secondary N) is 1. The number of amides is 1. The monoisotopic (exact) mass is 388 g/mol. The van der Waals surface area contributed by atoms with E-state index in [2.05, 4.69) is 29.0 Å². The number of rotatable bonds is 7. The number of benzene rings is 1. The summed E-state index contributed by atoms with van der Waals surface area (Å²) in [5, 5.41) is 12.3. The molecule has 2 aromatic rings. The highest BCUT2D eigenvalue weighted by molar-refractivity contribution is 7.99. The zero-order valence-corrected chi connectivity index (χ0v) is 16.3. The van der Waals surface area contributed by atoms with Crippen molar-refractivity contribution in [3.8, 4) is 11.4 Å². The maximum atomic E-state index is 13.2. The zero-order chi connectivity index (χ0) is 19.2. The van der Waals surface area contributed by atoms with Crippen molar-refractivity contribution >= 4 is 17.7 Å². The van der Waals surface area contributed by atoms with Crippen molar-refractivity contribution < 1.29 is 9.18 Å².